The van der Waals surface area contributed by atoms with Gasteiger partial charge in [0.2, 0.25) is 5.91 Å². The number of rotatable bonds is 6. The average molecular weight is 517 g/mol. The van der Waals surface area contributed by atoms with E-state index in [2.05, 4.69) is 5.32 Å². The standard InChI is InChI=1S/C29H29FN4O4/c1-38-25-9-5-6-23(18-25)31-26(35)19-33-20-34(24-7-3-2-4-8-24)29(28(33)37)14-16-32(17-15-29)27(36)21-10-12-22(30)13-11-21/h2-13,18H,14-17,19-20H2,1H3,(H,31,35). The highest BCUT2D eigenvalue weighted by Crippen LogP contribution is 2.39. The van der Waals surface area contributed by atoms with Gasteiger partial charge in [-0.05, 0) is 61.4 Å². The highest BCUT2D eigenvalue weighted by molar-refractivity contribution is 6.00. The molecule has 2 saturated heterocycles. The number of methoxy groups -OCH3 is 1. The van der Waals surface area contributed by atoms with Gasteiger partial charge < -0.3 is 24.8 Å². The second-order valence-corrected chi connectivity index (χ2v) is 9.52. The van der Waals surface area contributed by atoms with Crippen molar-refractivity contribution in [1.82, 2.24) is 9.80 Å². The topological polar surface area (TPSA) is 82.2 Å². The summed E-state index contributed by atoms with van der Waals surface area (Å²) < 4.78 is 18.5. The third kappa shape index (κ3) is 4.91. The first-order chi connectivity index (χ1) is 18.4. The van der Waals surface area contributed by atoms with Crippen molar-refractivity contribution >= 4 is 29.1 Å². The van der Waals surface area contributed by atoms with Gasteiger partial charge in [-0.15, -0.1) is 0 Å². The fourth-order valence-corrected chi connectivity index (χ4v) is 5.25. The molecule has 1 N–H and O–H groups in total. The molecular weight excluding hydrogens is 487 g/mol. The van der Waals surface area contributed by atoms with Crippen molar-refractivity contribution in [3.63, 3.8) is 0 Å². The number of carbonyl (C=O) groups excluding carboxylic acids is 3. The monoisotopic (exact) mass is 516 g/mol. The summed E-state index contributed by atoms with van der Waals surface area (Å²) in [5.74, 6) is -0.399. The number of hydrogen-bond donors (Lipinski definition) is 1. The summed E-state index contributed by atoms with van der Waals surface area (Å²) in [6.07, 6.45) is 0.837. The van der Waals surface area contributed by atoms with Crippen LogP contribution in [-0.4, -0.2) is 66.5 Å². The Morgan fingerprint density at radius 3 is 2.37 bits per heavy atom. The highest BCUT2D eigenvalue weighted by atomic mass is 19.1. The van der Waals surface area contributed by atoms with Crippen molar-refractivity contribution in [1.29, 1.82) is 0 Å². The third-order valence-corrected chi connectivity index (χ3v) is 7.24. The van der Waals surface area contributed by atoms with E-state index in [1.54, 1.807) is 41.2 Å². The maximum Gasteiger partial charge on any atom is 0.253 e. The first-order valence-corrected chi connectivity index (χ1v) is 12.5. The van der Waals surface area contributed by atoms with Gasteiger partial charge in [0.25, 0.3) is 11.8 Å². The van der Waals surface area contributed by atoms with Crippen molar-refractivity contribution in [2.45, 2.75) is 18.4 Å². The molecule has 3 aromatic carbocycles. The number of amides is 3. The molecule has 9 heteroatoms. The van der Waals surface area contributed by atoms with Gasteiger partial charge in [0.1, 0.15) is 23.7 Å². The Kier molecular flexibility index (Phi) is 7.00. The lowest BCUT2D eigenvalue weighted by Gasteiger charge is -2.43. The lowest BCUT2D eigenvalue weighted by atomic mass is 9.85. The molecule has 2 heterocycles. The van der Waals surface area contributed by atoms with Gasteiger partial charge in [-0.3, -0.25) is 14.4 Å². The van der Waals surface area contributed by atoms with E-state index in [-0.39, 0.29) is 30.9 Å². The molecule has 8 nitrogen and oxygen atoms in total. The summed E-state index contributed by atoms with van der Waals surface area (Å²) in [5.41, 5.74) is 1.02. The number of piperidine rings is 1. The molecular formula is C29H29FN4O4. The smallest absolute Gasteiger partial charge is 0.253 e. The largest absolute Gasteiger partial charge is 0.497 e. The van der Waals surface area contributed by atoms with Gasteiger partial charge in [0.05, 0.1) is 13.8 Å². The second kappa shape index (κ2) is 10.5. The number of benzene rings is 3. The van der Waals surface area contributed by atoms with E-state index in [1.165, 1.54) is 24.3 Å². The van der Waals surface area contributed by atoms with Crippen LogP contribution in [-0.2, 0) is 9.59 Å². The van der Waals surface area contributed by atoms with Gasteiger partial charge in [0, 0.05) is 36.1 Å². The molecule has 2 aliphatic rings. The first kappa shape index (κ1) is 25.3. The zero-order chi connectivity index (χ0) is 26.7. The van der Waals surface area contributed by atoms with E-state index < -0.39 is 11.4 Å². The normalized spacial score (nSPS) is 16.6. The number of carbonyl (C=O) groups is 3. The third-order valence-electron chi connectivity index (χ3n) is 7.24. The molecule has 0 aromatic heterocycles. The van der Waals surface area contributed by atoms with Crippen LogP contribution in [0.15, 0.2) is 78.9 Å². The van der Waals surface area contributed by atoms with Gasteiger partial charge in [0.15, 0.2) is 0 Å². The van der Waals surface area contributed by atoms with Crippen molar-refractivity contribution in [3.05, 3.63) is 90.2 Å². The van der Waals surface area contributed by atoms with Crippen LogP contribution in [0.1, 0.15) is 23.2 Å². The molecule has 0 bridgehead atoms. The van der Waals surface area contributed by atoms with Gasteiger partial charge >= 0.3 is 0 Å². The molecule has 2 fully saturated rings. The van der Waals surface area contributed by atoms with E-state index in [0.717, 1.165) is 5.69 Å². The van der Waals surface area contributed by atoms with E-state index in [9.17, 15) is 18.8 Å². The summed E-state index contributed by atoms with van der Waals surface area (Å²) in [7, 11) is 1.56. The molecule has 3 amide bonds. The Morgan fingerprint density at radius 1 is 0.974 bits per heavy atom. The van der Waals surface area contributed by atoms with Crippen LogP contribution in [0, 0.1) is 5.82 Å². The molecule has 3 aromatic rings. The summed E-state index contributed by atoms with van der Waals surface area (Å²) >= 11 is 0. The predicted octanol–water partition coefficient (Wildman–Crippen LogP) is 3.75. The van der Waals surface area contributed by atoms with Crippen molar-refractivity contribution in [3.8, 4) is 5.75 Å². The Morgan fingerprint density at radius 2 is 1.68 bits per heavy atom. The molecule has 5 rings (SSSR count). The molecule has 0 aliphatic carbocycles. The minimum Gasteiger partial charge on any atom is -0.497 e. The van der Waals surface area contributed by atoms with E-state index in [1.807, 2.05) is 35.2 Å². The maximum atomic E-state index is 13.9. The highest BCUT2D eigenvalue weighted by Gasteiger charge is 2.54. The lowest BCUT2D eigenvalue weighted by Crippen LogP contribution is -2.57. The molecule has 2 aliphatic heterocycles. The van der Waals surface area contributed by atoms with E-state index >= 15 is 0 Å². The zero-order valence-electron chi connectivity index (χ0n) is 21.1. The Hall–Kier alpha value is -4.40. The van der Waals surface area contributed by atoms with Gasteiger partial charge in [-0.1, -0.05) is 24.3 Å². The minimum absolute atomic E-state index is 0.0979. The average Bonchev–Trinajstić information content (AvgIpc) is 3.20. The lowest BCUT2D eigenvalue weighted by molar-refractivity contribution is -0.136. The molecule has 0 atom stereocenters. The van der Waals surface area contributed by atoms with Crippen LogP contribution in [0.25, 0.3) is 0 Å². The first-order valence-electron chi connectivity index (χ1n) is 12.5. The molecule has 0 radical (unpaired) electrons. The molecule has 196 valence electrons. The second-order valence-electron chi connectivity index (χ2n) is 9.52. The maximum absolute atomic E-state index is 13.9. The molecule has 38 heavy (non-hydrogen) atoms. The Labute approximate surface area is 220 Å². The fourth-order valence-electron chi connectivity index (χ4n) is 5.25. The predicted molar refractivity (Wildman–Crippen MR) is 141 cm³/mol. The number of nitrogens with zero attached hydrogens (tertiary/aromatic N) is 3. The number of halogens is 1. The van der Waals surface area contributed by atoms with Crippen LogP contribution in [0.2, 0.25) is 0 Å². The molecule has 1 spiro atoms. The van der Waals surface area contributed by atoms with Gasteiger partial charge in [-0.2, -0.15) is 0 Å². The quantitative estimate of drug-likeness (QED) is 0.540. The van der Waals surface area contributed by atoms with Crippen LogP contribution in [0.5, 0.6) is 5.75 Å². The molecule has 0 saturated carbocycles. The van der Waals surface area contributed by atoms with Crippen LogP contribution < -0.4 is 15.0 Å². The van der Waals surface area contributed by atoms with Crippen LogP contribution in [0.3, 0.4) is 0 Å². The Bertz CT molecular complexity index is 1320. The van der Waals surface area contributed by atoms with Gasteiger partial charge in [-0.25, -0.2) is 4.39 Å². The van der Waals surface area contributed by atoms with E-state index in [4.69, 9.17) is 4.74 Å². The summed E-state index contributed by atoms with van der Waals surface area (Å²) in [6, 6.07) is 22.2. The number of likely N-dealkylation sites (tertiary alicyclic amines) is 1. The Balaban J connectivity index is 1.33. The van der Waals surface area contributed by atoms with Crippen molar-refractivity contribution < 1.29 is 23.5 Å². The SMILES string of the molecule is COc1cccc(NC(=O)CN2CN(c3ccccc3)C3(CCN(C(=O)c4ccc(F)cc4)CC3)C2=O)c1. The number of ether oxygens (including phenoxy) is 1. The number of anilines is 2. The summed E-state index contributed by atoms with van der Waals surface area (Å²) in [6.45, 7) is 0.907. The number of hydrogen-bond acceptors (Lipinski definition) is 5. The number of para-hydroxylation sites is 1. The number of nitrogens with one attached hydrogen (secondary N) is 1. The van der Waals surface area contributed by atoms with Crippen molar-refractivity contribution in [2.75, 3.05) is 43.6 Å². The van der Waals surface area contributed by atoms with Crippen LogP contribution in [0.4, 0.5) is 15.8 Å². The summed E-state index contributed by atoms with van der Waals surface area (Å²) in [4.78, 5) is 45.1. The van der Waals surface area contributed by atoms with E-state index in [0.29, 0.717) is 42.9 Å². The van der Waals surface area contributed by atoms with Crippen LogP contribution >= 0.6 is 0 Å². The van der Waals surface area contributed by atoms with Crippen molar-refractivity contribution in [2.24, 2.45) is 0 Å². The summed E-state index contributed by atoms with van der Waals surface area (Å²) in [5, 5.41) is 2.84. The zero-order valence-corrected chi connectivity index (χ0v) is 21.1. The fraction of sp³-hybridized carbons (Fsp3) is 0.276. The molecule has 0 unspecified atom stereocenters. The minimum atomic E-state index is -0.864.